The van der Waals surface area contributed by atoms with Crippen molar-refractivity contribution in [2.24, 2.45) is 11.8 Å². The Bertz CT molecular complexity index is 922. The quantitative estimate of drug-likeness (QED) is 0.365. The number of ether oxygens (including phenoxy) is 1. The van der Waals surface area contributed by atoms with Crippen LogP contribution in [0, 0.1) is 11.8 Å². The number of carbonyl (C=O) groups excluding carboxylic acids is 1. The summed E-state index contributed by atoms with van der Waals surface area (Å²) in [5.41, 5.74) is 2.52. The Morgan fingerprint density at radius 1 is 1.06 bits per heavy atom. The van der Waals surface area contributed by atoms with Gasteiger partial charge in [-0.15, -0.1) is 0 Å². The van der Waals surface area contributed by atoms with E-state index < -0.39 is 11.7 Å². The molecule has 0 aliphatic carbocycles. The number of piperidine rings is 1. The fourth-order valence-electron chi connectivity index (χ4n) is 5.20. The van der Waals surface area contributed by atoms with E-state index in [1.165, 1.54) is 17.7 Å². The Morgan fingerprint density at radius 2 is 1.71 bits per heavy atom. The smallest absolute Gasteiger partial charge is 0.416 e. The van der Waals surface area contributed by atoms with E-state index in [4.69, 9.17) is 4.74 Å². The molecule has 34 heavy (non-hydrogen) atoms. The third-order valence-corrected chi connectivity index (χ3v) is 6.91. The Labute approximate surface area is 201 Å². The molecular formula is C28H36F3NO2. The molecule has 1 unspecified atom stereocenters. The number of rotatable bonds is 8. The van der Waals surface area contributed by atoms with Crippen LogP contribution in [0.3, 0.4) is 0 Å². The summed E-state index contributed by atoms with van der Waals surface area (Å²) in [6.07, 6.45) is -1.37. The van der Waals surface area contributed by atoms with E-state index in [0.717, 1.165) is 37.1 Å². The summed E-state index contributed by atoms with van der Waals surface area (Å²) in [5, 5.41) is 0. The summed E-state index contributed by atoms with van der Waals surface area (Å²) in [5.74, 6) is 0.472. The summed E-state index contributed by atoms with van der Waals surface area (Å²) < 4.78 is 44.9. The van der Waals surface area contributed by atoms with Crippen LogP contribution in [0.1, 0.15) is 82.0 Å². The molecule has 186 valence electrons. The van der Waals surface area contributed by atoms with E-state index in [-0.39, 0.29) is 23.8 Å². The second kappa shape index (κ2) is 11.3. The van der Waals surface area contributed by atoms with Crippen molar-refractivity contribution in [3.63, 3.8) is 0 Å². The van der Waals surface area contributed by atoms with Gasteiger partial charge in [0.05, 0.1) is 18.2 Å². The fraction of sp³-hybridized carbons (Fsp3) is 0.536. The van der Waals surface area contributed by atoms with E-state index in [9.17, 15) is 18.0 Å². The van der Waals surface area contributed by atoms with Crippen molar-refractivity contribution in [3.05, 3.63) is 65.2 Å². The molecular weight excluding hydrogens is 439 g/mol. The minimum absolute atomic E-state index is 0.111. The molecule has 0 N–H and O–H groups in total. The number of carbonyl (C=O) groups is 1. The lowest BCUT2D eigenvalue weighted by Gasteiger charge is -2.47. The summed E-state index contributed by atoms with van der Waals surface area (Å²) in [4.78, 5) is 14.7. The van der Waals surface area contributed by atoms with Gasteiger partial charge < -0.3 is 9.64 Å². The van der Waals surface area contributed by atoms with E-state index >= 15 is 0 Å². The number of nitrogens with zero attached hydrogens (tertiary/aromatic N) is 1. The highest BCUT2D eigenvalue weighted by atomic mass is 19.4. The Kier molecular flexibility index (Phi) is 8.67. The van der Waals surface area contributed by atoms with E-state index in [0.29, 0.717) is 18.9 Å². The lowest BCUT2D eigenvalue weighted by Crippen LogP contribution is -2.44. The topological polar surface area (TPSA) is 29.5 Å². The highest BCUT2D eigenvalue weighted by molar-refractivity contribution is 5.69. The number of esters is 1. The maximum Gasteiger partial charge on any atom is 0.416 e. The molecule has 0 radical (unpaired) electrons. The zero-order valence-corrected chi connectivity index (χ0v) is 20.6. The molecule has 1 heterocycles. The number of alkyl halides is 3. The van der Waals surface area contributed by atoms with Crippen LogP contribution in [-0.2, 0) is 15.7 Å². The normalized spacial score (nSPS) is 21.1. The standard InChI is InChI=1S/C28H36F3NO2/c1-5-7-25-22(18-26(33)34-6-2)16-17-32(24-14-10-20(11-15-24)19(3)4)27(25)21-8-12-23(13-9-21)28(29,30)31/h8-15,19,22,25,27H,5-7,16-18H2,1-4H3/t22?,25-,27+/m1/s1. The summed E-state index contributed by atoms with van der Waals surface area (Å²) in [6, 6.07) is 13.9. The van der Waals surface area contributed by atoms with Crippen LogP contribution in [0.5, 0.6) is 0 Å². The molecule has 2 aromatic carbocycles. The maximum atomic E-state index is 13.2. The van der Waals surface area contributed by atoms with Crippen molar-refractivity contribution in [2.45, 2.75) is 71.5 Å². The predicted octanol–water partition coefficient (Wildman–Crippen LogP) is 7.77. The van der Waals surface area contributed by atoms with Gasteiger partial charge in [0.15, 0.2) is 0 Å². The molecule has 2 aromatic rings. The Balaban J connectivity index is 2.01. The van der Waals surface area contributed by atoms with Gasteiger partial charge in [-0.3, -0.25) is 4.79 Å². The molecule has 0 bridgehead atoms. The third kappa shape index (κ3) is 6.13. The van der Waals surface area contributed by atoms with Gasteiger partial charge >= 0.3 is 12.1 Å². The van der Waals surface area contributed by atoms with Crippen LogP contribution >= 0.6 is 0 Å². The summed E-state index contributed by atoms with van der Waals surface area (Å²) in [7, 11) is 0. The average molecular weight is 476 g/mol. The van der Waals surface area contributed by atoms with Gasteiger partial charge in [-0.25, -0.2) is 0 Å². The zero-order valence-electron chi connectivity index (χ0n) is 20.6. The molecule has 0 spiro atoms. The number of hydrogen-bond acceptors (Lipinski definition) is 3. The molecule has 3 atom stereocenters. The van der Waals surface area contributed by atoms with Gasteiger partial charge in [0.2, 0.25) is 0 Å². The molecule has 1 fully saturated rings. The first-order chi connectivity index (χ1) is 16.2. The van der Waals surface area contributed by atoms with Crippen molar-refractivity contribution in [1.82, 2.24) is 0 Å². The minimum atomic E-state index is -4.37. The minimum Gasteiger partial charge on any atom is -0.466 e. The van der Waals surface area contributed by atoms with Crippen LogP contribution < -0.4 is 4.90 Å². The monoisotopic (exact) mass is 475 g/mol. The highest BCUT2D eigenvalue weighted by Crippen LogP contribution is 2.46. The van der Waals surface area contributed by atoms with Crippen molar-refractivity contribution >= 4 is 11.7 Å². The Hall–Kier alpha value is -2.50. The largest absolute Gasteiger partial charge is 0.466 e. The van der Waals surface area contributed by atoms with Crippen LogP contribution in [0.25, 0.3) is 0 Å². The maximum absolute atomic E-state index is 13.2. The number of halogens is 3. The lowest BCUT2D eigenvalue weighted by atomic mass is 9.73. The SMILES string of the molecule is CCC[C@@H]1C(CC(=O)OCC)CCN(c2ccc(C(C)C)cc2)[C@H]1c1ccc(C(F)(F)F)cc1. The van der Waals surface area contributed by atoms with Crippen LogP contribution in [-0.4, -0.2) is 19.1 Å². The van der Waals surface area contributed by atoms with Crippen molar-refractivity contribution in [1.29, 1.82) is 0 Å². The van der Waals surface area contributed by atoms with Gasteiger partial charge in [-0.2, -0.15) is 13.2 Å². The predicted molar refractivity (Wildman–Crippen MR) is 130 cm³/mol. The molecule has 6 heteroatoms. The number of hydrogen-bond donors (Lipinski definition) is 0. The zero-order chi connectivity index (χ0) is 24.9. The van der Waals surface area contributed by atoms with Gasteiger partial charge in [0.1, 0.15) is 0 Å². The summed E-state index contributed by atoms with van der Waals surface area (Å²) >= 11 is 0. The van der Waals surface area contributed by atoms with Crippen molar-refractivity contribution < 1.29 is 22.7 Å². The second-order valence-electron chi connectivity index (χ2n) is 9.51. The molecule has 1 aliphatic heterocycles. The number of benzene rings is 2. The van der Waals surface area contributed by atoms with Crippen molar-refractivity contribution in [3.8, 4) is 0 Å². The van der Waals surface area contributed by atoms with Crippen LogP contribution in [0.2, 0.25) is 0 Å². The highest BCUT2D eigenvalue weighted by Gasteiger charge is 2.40. The molecule has 0 aromatic heterocycles. The average Bonchev–Trinajstić information content (AvgIpc) is 2.80. The van der Waals surface area contributed by atoms with Gasteiger partial charge in [-0.05, 0) is 72.9 Å². The first-order valence-electron chi connectivity index (χ1n) is 12.3. The van der Waals surface area contributed by atoms with Crippen LogP contribution in [0.4, 0.5) is 18.9 Å². The molecule has 0 amide bonds. The molecule has 0 saturated carbocycles. The van der Waals surface area contributed by atoms with E-state index in [2.05, 4.69) is 49.9 Å². The first kappa shape index (κ1) is 26.1. The van der Waals surface area contributed by atoms with E-state index in [1.807, 2.05) is 0 Å². The van der Waals surface area contributed by atoms with Gasteiger partial charge in [0.25, 0.3) is 0 Å². The lowest BCUT2D eigenvalue weighted by molar-refractivity contribution is -0.145. The fourth-order valence-corrected chi connectivity index (χ4v) is 5.20. The second-order valence-corrected chi connectivity index (χ2v) is 9.51. The molecule has 1 saturated heterocycles. The van der Waals surface area contributed by atoms with Crippen molar-refractivity contribution in [2.75, 3.05) is 18.1 Å². The van der Waals surface area contributed by atoms with Crippen LogP contribution in [0.15, 0.2) is 48.5 Å². The third-order valence-electron chi connectivity index (χ3n) is 6.91. The first-order valence-corrected chi connectivity index (χ1v) is 12.3. The van der Waals surface area contributed by atoms with E-state index in [1.54, 1.807) is 19.1 Å². The van der Waals surface area contributed by atoms with Gasteiger partial charge in [0, 0.05) is 18.7 Å². The molecule has 1 aliphatic rings. The molecule has 3 rings (SSSR count). The summed E-state index contributed by atoms with van der Waals surface area (Å²) in [6.45, 7) is 9.30. The number of anilines is 1. The van der Waals surface area contributed by atoms with Gasteiger partial charge in [-0.1, -0.05) is 51.5 Å². The molecule has 3 nitrogen and oxygen atoms in total. The Morgan fingerprint density at radius 3 is 2.24 bits per heavy atom.